The number of carbonyl (C=O) groups is 1. The van der Waals surface area contributed by atoms with Crippen LogP contribution >= 0.6 is 0 Å². The second kappa shape index (κ2) is 4.24. The van der Waals surface area contributed by atoms with E-state index in [-0.39, 0.29) is 23.2 Å². The Morgan fingerprint density at radius 1 is 1.07 bits per heavy atom. The van der Waals surface area contributed by atoms with E-state index in [0.29, 0.717) is 25.2 Å². The molecule has 1 saturated carbocycles. The molecule has 4 heteroatoms. The molecule has 1 aliphatic heterocycles. The molecule has 1 atom stereocenters. The first kappa shape index (κ1) is 11.1. The lowest BCUT2D eigenvalue weighted by Gasteiger charge is -2.24. The highest BCUT2D eigenvalue weighted by molar-refractivity contribution is 7.91. The van der Waals surface area contributed by atoms with Crippen molar-refractivity contribution in [2.45, 2.75) is 38.5 Å². The summed E-state index contributed by atoms with van der Waals surface area (Å²) in [5.74, 6) is 1.53. The number of sulfone groups is 1. The summed E-state index contributed by atoms with van der Waals surface area (Å²) in [4.78, 5) is 11.6. The van der Waals surface area contributed by atoms with Crippen molar-refractivity contribution in [2.75, 3.05) is 11.5 Å². The van der Waals surface area contributed by atoms with Gasteiger partial charge < -0.3 is 0 Å². The van der Waals surface area contributed by atoms with E-state index in [1.807, 2.05) is 0 Å². The third kappa shape index (κ3) is 3.03. The van der Waals surface area contributed by atoms with Gasteiger partial charge in [0.2, 0.25) is 0 Å². The van der Waals surface area contributed by atoms with Crippen molar-refractivity contribution in [3.63, 3.8) is 0 Å². The van der Waals surface area contributed by atoms with E-state index < -0.39 is 9.84 Å². The molecule has 1 unspecified atom stereocenters. The number of Topliss-reactive ketones (excluding diaryl/α,β-unsaturated/α-hetero) is 1. The topological polar surface area (TPSA) is 51.2 Å². The molecule has 15 heavy (non-hydrogen) atoms. The van der Waals surface area contributed by atoms with Crippen molar-refractivity contribution >= 4 is 15.6 Å². The van der Waals surface area contributed by atoms with Gasteiger partial charge in [0, 0.05) is 12.8 Å². The van der Waals surface area contributed by atoms with E-state index in [0.717, 1.165) is 0 Å². The number of ketones is 1. The molecule has 3 nitrogen and oxygen atoms in total. The van der Waals surface area contributed by atoms with Crippen LogP contribution in [0.5, 0.6) is 0 Å². The Kier molecular flexibility index (Phi) is 3.14. The van der Waals surface area contributed by atoms with Crippen LogP contribution in [0.15, 0.2) is 0 Å². The molecule has 0 radical (unpaired) electrons. The van der Waals surface area contributed by atoms with Crippen LogP contribution in [0.25, 0.3) is 0 Å². The van der Waals surface area contributed by atoms with Crippen molar-refractivity contribution < 1.29 is 13.2 Å². The summed E-state index contributed by atoms with van der Waals surface area (Å²) in [6, 6.07) is 0. The third-order valence-corrected chi connectivity index (χ3v) is 5.42. The van der Waals surface area contributed by atoms with Crippen molar-refractivity contribution in [3.8, 4) is 0 Å². The molecule has 1 heterocycles. The van der Waals surface area contributed by atoms with Crippen LogP contribution in [0.3, 0.4) is 0 Å². The molecule has 1 aliphatic carbocycles. The first-order valence-corrected chi connectivity index (χ1v) is 7.59. The molecule has 86 valence electrons. The van der Waals surface area contributed by atoms with Crippen LogP contribution < -0.4 is 0 Å². The van der Waals surface area contributed by atoms with E-state index in [1.165, 1.54) is 19.3 Å². The minimum atomic E-state index is -2.81. The zero-order chi connectivity index (χ0) is 10.9. The van der Waals surface area contributed by atoms with Crippen molar-refractivity contribution in [1.82, 2.24) is 0 Å². The molecule has 0 amide bonds. The van der Waals surface area contributed by atoms with E-state index >= 15 is 0 Å². The van der Waals surface area contributed by atoms with Crippen molar-refractivity contribution in [3.05, 3.63) is 0 Å². The number of hydrogen-bond acceptors (Lipinski definition) is 3. The maximum absolute atomic E-state index is 11.6. The molecule has 1 saturated heterocycles. The molecule has 0 aromatic rings. The molecule has 0 aromatic carbocycles. The van der Waals surface area contributed by atoms with Gasteiger partial charge in [-0.05, 0) is 18.3 Å². The zero-order valence-electron chi connectivity index (χ0n) is 8.94. The fourth-order valence-corrected chi connectivity index (χ4v) is 4.32. The smallest absolute Gasteiger partial charge is 0.150 e. The monoisotopic (exact) mass is 230 g/mol. The first-order valence-electron chi connectivity index (χ1n) is 5.77. The zero-order valence-corrected chi connectivity index (χ0v) is 9.76. The van der Waals surface area contributed by atoms with E-state index in [4.69, 9.17) is 0 Å². The predicted octanol–water partition coefficient (Wildman–Crippen LogP) is 1.57. The summed E-state index contributed by atoms with van der Waals surface area (Å²) in [5, 5.41) is 0. The highest BCUT2D eigenvalue weighted by Gasteiger charge is 2.30. The third-order valence-electron chi connectivity index (χ3n) is 3.58. The minimum absolute atomic E-state index is 0.113. The van der Waals surface area contributed by atoms with Crippen LogP contribution in [0.2, 0.25) is 0 Å². The summed E-state index contributed by atoms with van der Waals surface area (Å²) >= 11 is 0. The van der Waals surface area contributed by atoms with Gasteiger partial charge in [0.15, 0.2) is 9.84 Å². The average Bonchev–Trinajstić information content (AvgIpc) is 2.38. The SMILES string of the molecule is O=C(CC1CCC1)CC1CCS(=O)(=O)C1. The predicted molar refractivity (Wildman–Crippen MR) is 58.3 cm³/mol. The Labute approximate surface area is 91.2 Å². The van der Waals surface area contributed by atoms with Gasteiger partial charge in [-0.1, -0.05) is 19.3 Å². The second-order valence-electron chi connectivity index (χ2n) is 5.01. The normalized spacial score (nSPS) is 30.0. The molecule has 0 N–H and O–H groups in total. The average molecular weight is 230 g/mol. The number of hydrogen-bond donors (Lipinski definition) is 0. The molecule has 0 aromatic heterocycles. The highest BCUT2D eigenvalue weighted by atomic mass is 32.2. The van der Waals surface area contributed by atoms with Gasteiger partial charge in [-0.2, -0.15) is 0 Å². The standard InChI is InChI=1S/C11H18O3S/c12-11(6-9-2-1-3-9)7-10-4-5-15(13,14)8-10/h9-10H,1-8H2. The summed E-state index contributed by atoms with van der Waals surface area (Å²) in [7, 11) is -2.81. The molecular formula is C11H18O3S. The van der Waals surface area contributed by atoms with Crippen LogP contribution in [0, 0.1) is 11.8 Å². The molecule has 2 aliphatic rings. The number of rotatable bonds is 4. The summed E-state index contributed by atoms with van der Waals surface area (Å²) in [5.41, 5.74) is 0. The lowest BCUT2D eigenvalue weighted by Crippen LogP contribution is -2.18. The van der Waals surface area contributed by atoms with Crippen molar-refractivity contribution in [2.24, 2.45) is 11.8 Å². The fourth-order valence-electron chi connectivity index (χ4n) is 2.46. The Balaban J connectivity index is 1.74. The quantitative estimate of drug-likeness (QED) is 0.736. The Morgan fingerprint density at radius 3 is 2.20 bits per heavy atom. The maximum atomic E-state index is 11.6. The lowest BCUT2D eigenvalue weighted by molar-refractivity contribution is -0.121. The lowest BCUT2D eigenvalue weighted by atomic mass is 9.80. The van der Waals surface area contributed by atoms with E-state index in [1.54, 1.807) is 0 Å². The van der Waals surface area contributed by atoms with Gasteiger partial charge in [-0.15, -0.1) is 0 Å². The largest absolute Gasteiger partial charge is 0.300 e. The molecule has 2 rings (SSSR count). The van der Waals surface area contributed by atoms with Gasteiger partial charge in [0.05, 0.1) is 11.5 Å². The van der Waals surface area contributed by atoms with Gasteiger partial charge >= 0.3 is 0 Å². The van der Waals surface area contributed by atoms with Crippen LogP contribution in [0.4, 0.5) is 0 Å². The first-order chi connectivity index (χ1) is 7.05. The van der Waals surface area contributed by atoms with Crippen molar-refractivity contribution in [1.29, 1.82) is 0 Å². The molecule has 0 spiro atoms. The number of carbonyl (C=O) groups excluding carboxylic acids is 1. The highest BCUT2D eigenvalue weighted by Crippen LogP contribution is 2.31. The Hall–Kier alpha value is -0.380. The van der Waals surface area contributed by atoms with Crippen LogP contribution in [-0.4, -0.2) is 25.7 Å². The Bertz CT molecular complexity index is 341. The van der Waals surface area contributed by atoms with Gasteiger partial charge in [0.1, 0.15) is 5.78 Å². The van der Waals surface area contributed by atoms with Crippen LogP contribution in [0.1, 0.15) is 38.5 Å². The maximum Gasteiger partial charge on any atom is 0.150 e. The van der Waals surface area contributed by atoms with E-state index in [2.05, 4.69) is 0 Å². The van der Waals surface area contributed by atoms with Gasteiger partial charge in [-0.25, -0.2) is 8.42 Å². The minimum Gasteiger partial charge on any atom is -0.300 e. The summed E-state index contributed by atoms with van der Waals surface area (Å²) < 4.78 is 22.4. The summed E-state index contributed by atoms with van der Waals surface area (Å²) in [6.45, 7) is 0. The Morgan fingerprint density at radius 2 is 1.73 bits per heavy atom. The molecular weight excluding hydrogens is 212 g/mol. The van der Waals surface area contributed by atoms with Gasteiger partial charge in [-0.3, -0.25) is 4.79 Å². The fraction of sp³-hybridized carbons (Fsp3) is 0.909. The van der Waals surface area contributed by atoms with Crippen LogP contribution in [-0.2, 0) is 14.6 Å². The molecule has 2 fully saturated rings. The summed E-state index contributed by atoms with van der Waals surface area (Å²) in [6.07, 6.45) is 5.52. The molecule has 0 bridgehead atoms. The van der Waals surface area contributed by atoms with E-state index in [9.17, 15) is 13.2 Å². The second-order valence-corrected chi connectivity index (χ2v) is 7.24. The van der Waals surface area contributed by atoms with Gasteiger partial charge in [0.25, 0.3) is 0 Å².